The fourth-order valence-electron chi connectivity index (χ4n) is 3.99. The Labute approximate surface area is 205 Å². The van der Waals surface area contributed by atoms with Crippen molar-refractivity contribution < 1.29 is 23.9 Å². The number of fused-ring (bicyclic) bond motifs is 1. The Hall–Kier alpha value is -3.49. The molecule has 1 N–H and O–H groups in total. The fraction of sp³-hybridized carbons (Fsp3) is 0.370. The first-order valence-electron chi connectivity index (χ1n) is 11.8. The topological polar surface area (TPSA) is 90.0 Å². The quantitative estimate of drug-likeness (QED) is 0.314. The molecule has 8 heteroatoms. The van der Waals surface area contributed by atoms with Gasteiger partial charge in [0.2, 0.25) is 0 Å². The Kier molecular flexibility index (Phi) is 7.63. The van der Waals surface area contributed by atoms with E-state index in [0.717, 1.165) is 10.9 Å². The zero-order chi connectivity index (χ0) is 24.8. The Bertz CT molecular complexity index is 1160. The van der Waals surface area contributed by atoms with Crippen molar-refractivity contribution in [3.63, 3.8) is 0 Å². The summed E-state index contributed by atoms with van der Waals surface area (Å²) in [6.07, 6.45) is 2.12. The van der Waals surface area contributed by atoms with Crippen LogP contribution in [0.3, 0.4) is 0 Å². The molecule has 4 rings (SSSR count). The molecule has 2 aromatic carbocycles. The predicted octanol–water partition coefficient (Wildman–Crippen LogP) is 4.63. The molecule has 2 atom stereocenters. The normalized spacial score (nSPS) is 18.3. The number of nitrogens with one attached hydrogen (secondary N) is 1. The highest BCUT2D eigenvalue weighted by molar-refractivity contribution is 5.89. The number of ether oxygens (including phenoxy) is 2. The molecule has 1 fully saturated rings. The van der Waals surface area contributed by atoms with Gasteiger partial charge >= 0.3 is 12.1 Å². The molecule has 35 heavy (non-hydrogen) atoms. The lowest BCUT2D eigenvalue weighted by Gasteiger charge is -2.38. The summed E-state index contributed by atoms with van der Waals surface area (Å²) in [5.41, 5.74) is 3.97. The maximum atomic E-state index is 13.2. The zero-order valence-corrected chi connectivity index (χ0v) is 20.3. The molecule has 0 saturated carbocycles. The van der Waals surface area contributed by atoms with Crippen molar-refractivity contribution in [1.82, 2.24) is 15.4 Å². The van der Waals surface area contributed by atoms with Crippen LogP contribution < -0.4 is 10.2 Å². The fourth-order valence-corrected chi connectivity index (χ4v) is 3.99. The van der Waals surface area contributed by atoms with Crippen LogP contribution in [0.2, 0.25) is 0 Å². The summed E-state index contributed by atoms with van der Waals surface area (Å²) >= 11 is 0. The van der Waals surface area contributed by atoms with E-state index in [0.29, 0.717) is 30.7 Å². The van der Waals surface area contributed by atoms with Crippen LogP contribution in [0.15, 0.2) is 66.9 Å². The zero-order valence-electron chi connectivity index (χ0n) is 20.3. The number of esters is 1. The summed E-state index contributed by atoms with van der Waals surface area (Å²) in [6, 6.07) is 18.0. The van der Waals surface area contributed by atoms with Crippen molar-refractivity contribution in [2.75, 3.05) is 6.54 Å². The van der Waals surface area contributed by atoms with Gasteiger partial charge in [-0.05, 0) is 51.3 Å². The summed E-state index contributed by atoms with van der Waals surface area (Å²) in [7, 11) is 0. The third kappa shape index (κ3) is 6.55. The molecule has 0 unspecified atom stereocenters. The maximum absolute atomic E-state index is 13.2. The van der Waals surface area contributed by atoms with E-state index in [2.05, 4.69) is 10.5 Å². The number of hydroxylamine groups is 1. The van der Waals surface area contributed by atoms with Crippen LogP contribution >= 0.6 is 0 Å². The number of nitrogens with zero attached hydrogens (tertiary/aromatic N) is 2. The number of aromatic nitrogens is 1. The van der Waals surface area contributed by atoms with Crippen molar-refractivity contribution in [1.29, 1.82) is 0 Å². The van der Waals surface area contributed by atoms with Crippen molar-refractivity contribution >= 4 is 23.0 Å². The van der Waals surface area contributed by atoms with Gasteiger partial charge in [-0.2, -0.15) is 5.48 Å². The molecular weight excluding hydrogens is 446 g/mol. The van der Waals surface area contributed by atoms with Crippen LogP contribution in [0.4, 0.5) is 4.79 Å². The second-order valence-electron chi connectivity index (χ2n) is 9.57. The third-order valence-electron chi connectivity index (χ3n) is 5.62. The van der Waals surface area contributed by atoms with Crippen molar-refractivity contribution in [3.8, 4) is 5.75 Å². The second kappa shape index (κ2) is 10.8. The van der Waals surface area contributed by atoms with E-state index in [1.807, 2.05) is 54.6 Å². The summed E-state index contributed by atoms with van der Waals surface area (Å²) in [6.45, 7) is 6.02. The van der Waals surface area contributed by atoms with Gasteiger partial charge in [-0.25, -0.2) is 9.59 Å². The summed E-state index contributed by atoms with van der Waals surface area (Å²) in [4.78, 5) is 37.7. The summed E-state index contributed by atoms with van der Waals surface area (Å²) < 4.78 is 11.3. The third-order valence-corrected chi connectivity index (χ3v) is 5.62. The van der Waals surface area contributed by atoms with Crippen molar-refractivity contribution in [3.05, 3.63) is 72.4 Å². The Morgan fingerprint density at radius 2 is 1.80 bits per heavy atom. The number of pyridine rings is 1. The van der Waals surface area contributed by atoms with Crippen molar-refractivity contribution in [2.45, 2.75) is 57.9 Å². The van der Waals surface area contributed by atoms with Gasteiger partial charge in [0.25, 0.3) is 0 Å². The van der Waals surface area contributed by atoms with E-state index in [1.165, 1.54) is 4.90 Å². The van der Waals surface area contributed by atoms with Crippen LogP contribution in [-0.2, 0) is 21.0 Å². The van der Waals surface area contributed by atoms with Crippen LogP contribution in [0, 0.1) is 0 Å². The van der Waals surface area contributed by atoms with Gasteiger partial charge in [0, 0.05) is 18.1 Å². The van der Waals surface area contributed by atoms with E-state index in [9.17, 15) is 9.59 Å². The minimum absolute atomic E-state index is 0.158. The lowest BCUT2D eigenvalue weighted by molar-refractivity contribution is -0.142. The Balaban J connectivity index is 1.45. The SMILES string of the molecule is CC(C)(C)OC(=O)N1C[C@H](NOCc2ccccc2)CC[C@H]1C(=O)Oc1cccc2cccnc12. The monoisotopic (exact) mass is 477 g/mol. The maximum Gasteiger partial charge on any atom is 0.411 e. The Morgan fingerprint density at radius 1 is 1.03 bits per heavy atom. The Morgan fingerprint density at radius 3 is 2.57 bits per heavy atom. The van der Waals surface area contributed by atoms with Gasteiger partial charge < -0.3 is 9.47 Å². The van der Waals surface area contributed by atoms with Crippen molar-refractivity contribution in [2.24, 2.45) is 0 Å². The lowest BCUT2D eigenvalue weighted by Crippen LogP contribution is -2.57. The molecule has 1 amide bonds. The molecule has 1 aliphatic rings. The molecule has 1 aromatic heterocycles. The number of likely N-dealkylation sites (tertiary alicyclic amines) is 1. The molecule has 184 valence electrons. The van der Waals surface area contributed by atoms with Crippen LogP contribution in [0.5, 0.6) is 5.75 Å². The molecule has 8 nitrogen and oxygen atoms in total. The standard InChI is InChI=1S/C27H31N3O5/c1-27(2,3)35-26(32)30-17-21(29-33-18-19-9-5-4-6-10-19)14-15-22(30)25(31)34-23-13-7-11-20-12-8-16-28-24(20)23/h4-13,16,21-22,29H,14-15,17-18H2,1-3H3/t21-,22+/m1/s1. The number of rotatable bonds is 6. The highest BCUT2D eigenvalue weighted by Crippen LogP contribution is 2.26. The number of amides is 1. The molecule has 1 aliphatic heterocycles. The average Bonchev–Trinajstić information content (AvgIpc) is 2.84. The van der Waals surface area contributed by atoms with E-state index < -0.39 is 23.7 Å². The molecule has 1 saturated heterocycles. The van der Waals surface area contributed by atoms with Crippen LogP contribution in [0.1, 0.15) is 39.2 Å². The minimum atomic E-state index is -0.781. The second-order valence-corrected chi connectivity index (χ2v) is 9.57. The number of hydrogen-bond donors (Lipinski definition) is 1. The molecule has 0 bridgehead atoms. The summed E-state index contributed by atoms with van der Waals surface area (Å²) in [5, 5.41) is 0.866. The highest BCUT2D eigenvalue weighted by Gasteiger charge is 2.39. The van der Waals surface area contributed by atoms with Crippen LogP contribution in [0.25, 0.3) is 10.9 Å². The van der Waals surface area contributed by atoms with Gasteiger partial charge in [-0.15, -0.1) is 0 Å². The van der Waals surface area contributed by atoms with Gasteiger partial charge in [0.1, 0.15) is 17.2 Å². The van der Waals surface area contributed by atoms with E-state index in [-0.39, 0.29) is 12.6 Å². The lowest BCUT2D eigenvalue weighted by atomic mass is 9.99. The number of piperidine rings is 1. The molecule has 2 heterocycles. The van der Waals surface area contributed by atoms with E-state index >= 15 is 0 Å². The molecule has 0 aliphatic carbocycles. The number of para-hydroxylation sites is 1. The number of carbonyl (C=O) groups is 2. The molecule has 0 radical (unpaired) electrons. The molecule has 0 spiro atoms. The van der Waals surface area contributed by atoms with E-state index in [4.69, 9.17) is 14.3 Å². The predicted molar refractivity (Wildman–Crippen MR) is 131 cm³/mol. The number of hydrogen-bond acceptors (Lipinski definition) is 7. The average molecular weight is 478 g/mol. The first-order chi connectivity index (χ1) is 16.8. The van der Waals surface area contributed by atoms with Gasteiger partial charge in [0.05, 0.1) is 12.6 Å². The first-order valence-corrected chi connectivity index (χ1v) is 11.8. The minimum Gasteiger partial charge on any atom is -0.444 e. The van der Waals surface area contributed by atoms with Gasteiger partial charge in [-0.3, -0.25) is 14.7 Å². The number of carbonyl (C=O) groups excluding carboxylic acids is 2. The molecular formula is C27H31N3O5. The summed E-state index contributed by atoms with van der Waals surface area (Å²) in [5.74, 6) is -0.152. The van der Waals surface area contributed by atoms with Gasteiger partial charge in [0.15, 0.2) is 5.75 Å². The van der Waals surface area contributed by atoms with E-state index in [1.54, 1.807) is 33.0 Å². The smallest absolute Gasteiger partial charge is 0.411 e. The molecule has 3 aromatic rings. The highest BCUT2D eigenvalue weighted by atomic mass is 16.6. The number of benzene rings is 2. The van der Waals surface area contributed by atoms with Gasteiger partial charge in [-0.1, -0.05) is 48.5 Å². The van der Waals surface area contributed by atoms with Crippen LogP contribution in [-0.4, -0.2) is 46.2 Å². The largest absolute Gasteiger partial charge is 0.444 e. The first kappa shape index (κ1) is 24.6.